The second-order valence-corrected chi connectivity index (χ2v) is 4.36. The number of halogens is 3. The minimum Gasteiger partial charge on any atom is -0.296 e. The highest BCUT2D eigenvalue weighted by atomic mass is 35.5. The molecule has 0 saturated heterocycles. The van der Waals surface area contributed by atoms with Crippen LogP contribution < -0.4 is 0 Å². The molecule has 0 spiro atoms. The summed E-state index contributed by atoms with van der Waals surface area (Å²) in [5.74, 6) is 0. The molecule has 0 aliphatic carbocycles. The van der Waals surface area contributed by atoms with E-state index in [9.17, 15) is 8.78 Å². The number of alkyl halides is 2. The van der Waals surface area contributed by atoms with Gasteiger partial charge in [0.2, 0.25) is 0 Å². The zero-order valence-electron chi connectivity index (χ0n) is 7.01. The van der Waals surface area contributed by atoms with E-state index in [0.717, 1.165) is 4.88 Å². The first-order valence-corrected chi connectivity index (χ1v) is 4.84. The van der Waals surface area contributed by atoms with Crippen LogP contribution in [0.5, 0.6) is 0 Å². The van der Waals surface area contributed by atoms with Gasteiger partial charge in [0.15, 0.2) is 4.47 Å². The second-order valence-electron chi connectivity index (χ2n) is 2.67. The predicted molar refractivity (Wildman–Crippen MR) is 49.5 cm³/mol. The molecule has 1 rings (SSSR count). The molecule has 0 aliphatic rings. The van der Waals surface area contributed by atoms with E-state index >= 15 is 0 Å². The molecule has 0 radical (unpaired) electrons. The van der Waals surface area contributed by atoms with Crippen molar-refractivity contribution < 1.29 is 8.78 Å². The fourth-order valence-corrected chi connectivity index (χ4v) is 1.98. The molecule has 6 heteroatoms. The molecular formula is C7H9ClF2N2S. The summed E-state index contributed by atoms with van der Waals surface area (Å²) in [6.07, 6.45) is -0.692. The number of nitrogens with zero attached hydrogens (tertiary/aromatic N) is 2. The Morgan fingerprint density at radius 2 is 2.38 bits per heavy atom. The summed E-state index contributed by atoms with van der Waals surface area (Å²) in [5, 5.41) is 0. The molecular weight excluding hydrogens is 218 g/mol. The molecule has 0 fully saturated rings. The zero-order valence-corrected chi connectivity index (χ0v) is 8.58. The Kier molecular flexibility index (Phi) is 4.02. The summed E-state index contributed by atoms with van der Waals surface area (Å²) in [6.45, 7) is 0.240. The number of rotatable bonds is 4. The maximum Gasteiger partial charge on any atom is 0.251 e. The first-order valence-electron chi connectivity index (χ1n) is 3.65. The quantitative estimate of drug-likeness (QED) is 0.784. The third-order valence-electron chi connectivity index (χ3n) is 1.40. The molecule has 0 atom stereocenters. The van der Waals surface area contributed by atoms with Gasteiger partial charge in [-0.05, 0) is 7.05 Å². The standard InChI is InChI=1S/C7H9ClF2N2S/c1-12(4-6(9)10)3-5-2-11-7(8)13-5/h2,6H,3-4H2,1H3. The van der Waals surface area contributed by atoms with E-state index in [-0.39, 0.29) is 6.54 Å². The summed E-state index contributed by atoms with van der Waals surface area (Å²) in [4.78, 5) is 6.25. The number of thiazole rings is 1. The van der Waals surface area contributed by atoms with Crippen LogP contribution in [0.25, 0.3) is 0 Å². The summed E-state index contributed by atoms with van der Waals surface area (Å²) >= 11 is 6.90. The van der Waals surface area contributed by atoms with Crippen LogP contribution in [-0.2, 0) is 6.54 Å². The molecule has 0 bridgehead atoms. The zero-order chi connectivity index (χ0) is 9.84. The average Bonchev–Trinajstić information content (AvgIpc) is 2.33. The van der Waals surface area contributed by atoms with Crippen LogP contribution in [0.15, 0.2) is 6.20 Å². The Labute approximate surface area is 84.1 Å². The SMILES string of the molecule is CN(Cc1cnc(Cl)s1)CC(F)F. The fraction of sp³-hybridized carbons (Fsp3) is 0.571. The molecule has 0 N–H and O–H groups in total. The largest absolute Gasteiger partial charge is 0.296 e. The van der Waals surface area contributed by atoms with Gasteiger partial charge in [-0.3, -0.25) is 4.90 Å². The molecule has 0 unspecified atom stereocenters. The third kappa shape index (κ3) is 3.97. The Morgan fingerprint density at radius 3 is 2.85 bits per heavy atom. The normalized spacial score (nSPS) is 11.5. The highest BCUT2D eigenvalue weighted by molar-refractivity contribution is 7.15. The number of hydrogen-bond acceptors (Lipinski definition) is 3. The monoisotopic (exact) mass is 226 g/mol. The summed E-state index contributed by atoms with van der Waals surface area (Å²) in [6, 6.07) is 0. The van der Waals surface area contributed by atoms with Gasteiger partial charge in [-0.1, -0.05) is 11.6 Å². The van der Waals surface area contributed by atoms with Gasteiger partial charge < -0.3 is 0 Å². The van der Waals surface area contributed by atoms with Crippen molar-refractivity contribution in [3.05, 3.63) is 15.5 Å². The molecule has 1 aromatic heterocycles. The van der Waals surface area contributed by atoms with Crippen molar-refractivity contribution >= 4 is 22.9 Å². The van der Waals surface area contributed by atoms with E-state index in [2.05, 4.69) is 4.98 Å². The van der Waals surface area contributed by atoms with Gasteiger partial charge in [-0.15, -0.1) is 11.3 Å². The second kappa shape index (κ2) is 4.83. The summed E-state index contributed by atoms with van der Waals surface area (Å²) < 4.78 is 24.3. The van der Waals surface area contributed by atoms with Gasteiger partial charge in [-0.2, -0.15) is 0 Å². The van der Waals surface area contributed by atoms with Gasteiger partial charge in [0, 0.05) is 17.6 Å². The minimum absolute atomic E-state index is 0.227. The molecule has 0 saturated carbocycles. The first kappa shape index (κ1) is 10.8. The van der Waals surface area contributed by atoms with Crippen LogP contribution in [0, 0.1) is 0 Å². The lowest BCUT2D eigenvalue weighted by Gasteiger charge is -2.13. The summed E-state index contributed by atoms with van der Waals surface area (Å²) in [7, 11) is 1.64. The highest BCUT2D eigenvalue weighted by Crippen LogP contribution is 2.18. The Morgan fingerprint density at radius 1 is 1.69 bits per heavy atom. The van der Waals surface area contributed by atoms with Crippen LogP contribution in [0.3, 0.4) is 0 Å². The maximum absolute atomic E-state index is 11.9. The van der Waals surface area contributed by atoms with Crippen molar-refractivity contribution in [2.45, 2.75) is 13.0 Å². The molecule has 1 heterocycles. The Hall–Kier alpha value is -0.260. The van der Waals surface area contributed by atoms with Gasteiger partial charge in [-0.25, -0.2) is 13.8 Å². The van der Waals surface area contributed by atoms with Gasteiger partial charge in [0.25, 0.3) is 6.43 Å². The molecule has 0 amide bonds. The van der Waals surface area contributed by atoms with Crippen LogP contribution in [-0.4, -0.2) is 29.9 Å². The first-order chi connectivity index (χ1) is 6.08. The van der Waals surface area contributed by atoms with Crippen molar-refractivity contribution in [3.8, 4) is 0 Å². The van der Waals surface area contributed by atoms with E-state index in [1.54, 1.807) is 13.2 Å². The molecule has 74 valence electrons. The van der Waals surface area contributed by atoms with Crippen molar-refractivity contribution in [1.29, 1.82) is 0 Å². The lowest BCUT2D eigenvalue weighted by molar-refractivity contribution is 0.0979. The van der Waals surface area contributed by atoms with Gasteiger partial charge in [0.1, 0.15) is 0 Å². The van der Waals surface area contributed by atoms with Crippen molar-refractivity contribution in [2.75, 3.05) is 13.6 Å². The molecule has 0 aliphatic heterocycles. The van der Waals surface area contributed by atoms with Crippen LogP contribution in [0.1, 0.15) is 4.88 Å². The van der Waals surface area contributed by atoms with Crippen molar-refractivity contribution in [3.63, 3.8) is 0 Å². The predicted octanol–water partition coefficient (Wildman–Crippen LogP) is 2.49. The molecule has 13 heavy (non-hydrogen) atoms. The lowest BCUT2D eigenvalue weighted by atomic mass is 10.5. The number of aromatic nitrogens is 1. The van der Waals surface area contributed by atoms with Crippen molar-refractivity contribution in [1.82, 2.24) is 9.88 Å². The van der Waals surface area contributed by atoms with Crippen LogP contribution in [0.4, 0.5) is 8.78 Å². The van der Waals surface area contributed by atoms with E-state index in [1.165, 1.54) is 16.2 Å². The van der Waals surface area contributed by atoms with Gasteiger partial charge in [0.05, 0.1) is 6.54 Å². The molecule has 1 aromatic rings. The van der Waals surface area contributed by atoms with E-state index in [4.69, 9.17) is 11.6 Å². The maximum atomic E-state index is 11.9. The third-order valence-corrected chi connectivity index (χ3v) is 2.50. The molecule has 0 aromatic carbocycles. The van der Waals surface area contributed by atoms with E-state index in [0.29, 0.717) is 11.0 Å². The minimum atomic E-state index is -2.30. The van der Waals surface area contributed by atoms with E-state index in [1.807, 2.05) is 0 Å². The van der Waals surface area contributed by atoms with Crippen LogP contribution in [0.2, 0.25) is 4.47 Å². The molecule has 2 nitrogen and oxygen atoms in total. The van der Waals surface area contributed by atoms with Crippen LogP contribution >= 0.6 is 22.9 Å². The average molecular weight is 227 g/mol. The van der Waals surface area contributed by atoms with Gasteiger partial charge >= 0.3 is 0 Å². The lowest BCUT2D eigenvalue weighted by Crippen LogP contribution is -2.23. The Bertz CT molecular complexity index is 267. The van der Waals surface area contributed by atoms with E-state index < -0.39 is 6.43 Å². The highest BCUT2D eigenvalue weighted by Gasteiger charge is 2.09. The summed E-state index contributed by atoms with van der Waals surface area (Å²) in [5.41, 5.74) is 0. The Balaban J connectivity index is 2.40. The topological polar surface area (TPSA) is 16.1 Å². The smallest absolute Gasteiger partial charge is 0.251 e. The number of hydrogen-bond donors (Lipinski definition) is 0. The fourth-order valence-electron chi connectivity index (χ4n) is 0.923. The van der Waals surface area contributed by atoms with Crippen molar-refractivity contribution in [2.24, 2.45) is 0 Å².